The van der Waals surface area contributed by atoms with E-state index in [0.29, 0.717) is 45.7 Å². The zero-order valence-electron chi connectivity index (χ0n) is 41.8. The molecule has 2 aromatic rings. The lowest BCUT2D eigenvalue weighted by Gasteiger charge is -2.33. The van der Waals surface area contributed by atoms with Gasteiger partial charge in [0.05, 0.1) is 69.2 Å². The minimum absolute atomic E-state index is 0.0305. The van der Waals surface area contributed by atoms with Gasteiger partial charge in [0.1, 0.15) is 12.2 Å². The maximum atomic E-state index is 12.7. The van der Waals surface area contributed by atoms with Crippen molar-refractivity contribution in [2.24, 2.45) is 35.5 Å². The maximum absolute atomic E-state index is 12.7. The molecule has 2 fully saturated rings. The summed E-state index contributed by atoms with van der Waals surface area (Å²) in [6.07, 6.45) is 6.34. The van der Waals surface area contributed by atoms with Gasteiger partial charge in [-0.25, -0.2) is 0 Å². The number of ketones is 2. The lowest BCUT2D eigenvalue weighted by Crippen LogP contribution is -2.44. The van der Waals surface area contributed by atoms with Crippen molar-refractivity contribution in [1.82, 2.24) is 0 Å². The van der Waals surface area contributed by atoms with Crippen LogP contribution in [-0.2, 0) is 79.8 Å². The topological polar surface area (TPSA) is 168 Å². The van der Waals surface area contributed by atoms with Gasteiger partial charge in [-0.3, -0.25) is 24.0 Å². The molecule has 0 spiro atoms. The molecule has 4 aliphatic heterocycles. The van der Waals surface area contributed by atoms with E-state index in [0.717, 1.165) is 11.1 Å². The molecule has 16 atom stereocenters. The van der Waals surface area contributed by atoms with Crippen molar-refractivity contribution in [3.05, 3.63) is 109 Å². The third-order valence-electron chi connectivity index (χ3n) is 13.2. The van der Waals surface area contributed by atoms with Crippen LogP contribution in [0.25, 0.3) is 0 Å². The summed E-state index contributed by atoms with van der Waals surface area (Å²) in [5.74, 6) is -1.55. The number of carbonyl (C=O) groups is 5. The molecule has 0 saturated carbocycles. The van der Waals surface area contributed by atoms with Gasteiger partial charge in [0.15, 0.2) is 11.6 Å². The number of carbonyl (C=O) groups excluding carboxylic acids is 5. The van der Waals surface area contributed by atoms with Crippen LogP contribution >= 0.6 is 0 Å². The molecule has 14 heteroatoms. The molecule has 6 rings (SSSR count). The van der Waals surface area contributed by atoms with E-state index in [1.807, 2.05) is 88.4 Å². The van der Waals surface area contributed by atoms with Crippen LogP contribution in [0.3, 0.4) is 0 Å². The van der Waals surface area contributed by atoms with Gasteiger partial charge in [0, 0.05) is 44.4 Å². The minimum Gasteiger partial charge on any atom is -0.466 e. The van der Waals surface area contributed by atoms with Crippen LogP contribution in [-0.4, -0.2) is 104 Å². The molecule has 2 saturated heterocycles. The Kier molecular flexibility index (Phi) is 21.5. The summed E-state index contributed by atoms with van der Waals surface area (Å²) in [5.41, 5.74) is 2.16. The van der Waals surface area contributed by atoms with E-state index in [1.165, 1.54) is 32.9 Å². The van der Waals surface area contributed by atoms with Crippen molar-refractivity contribution >= 4 is 29.5 Å². The molecule has 4 heterocycles. The maximum Gasteiger partial charge on any atom is 0.305 e. The van der Waals surface area contributed by atoms with Crippen LogP contribution < -0.4 is 0 Å². The molecule has 69 heavy (non-hydrogen) atoms. The van der Waals surface area contributed by atoms with Gasteiger partial charge in [-0.15, -0.1) is 6.58 Å². The minimum atomic E-state index is -0.904. The smallest absolute Gasteiger partial charge is 0.305 e. The first-order valence-corrected chi connectivity index (χ1v) is 24.4. The van der Waals surface area contributed by atoms with E-state index in [9.17, 15) is 24.0 Å². The van der Waals surface area contributed by atoms with Crippen LogP contribution in [0.2, 0.25) is 0 Å². The fraction of sp³-hybridized carbons (Fsp3) is 0.582. The summed E-state index contributed by atoms with van der Waals surface area (Å²) in [6.45, 7) is 21.6. The molecule has 3 unspecified atom stereocenters. The van der Waals surface area contributed by atoms with Crippen molar-refractivity contribution in [3.63, 3.8) is 0 Å². The highest BCUT2D eigenvalue weighted by molar-refractivity contribution is 5.95. The number of hydrogen-bond donors (Lipinski definition) is 0. The summed E-state index contributed by atoms with van der Waals surface area (Å²) in [5, 5.41) is 0. The summed E-state index contributed by atoms with van der Waals surface area (Å²) in [4.78, 5) is 59.2. The van der Waals surface area contributed by atoms with Crippen molar-refractivity contribution < 1.29 is 66.6 Å². The normalized spacial score (nSPS) is 30.3. The summed E-state index contributed by atoms with van der Waals surface area (Å²) >= 11 is 0. The largest absolute Gasteiger partial charge is 0.466 e. The SMILES string of the molecule is C=CC[C@@H]1C=CC(=O)[C@@H]([C@@H](C)[C@@H]2OC(C[C@@H](C)COC(C)=O)[C@H](OCc3ccccc3)[C@H]2C)O1.CC(=O)OC[C@H](C)CC1O[C@@H]([C@H](C)[C@H]2OC(OC(C)=O)C=CC2=O)[C@H](C)[C@H]1OCc1ccccc1. The zero-order chi connectivity index (χ0) is 50.2. The Morgan fingerprint density at radius 2 is 1.06 bits per heavy atom. The first-order chi connectivity index (χ1) is 32.9. The first-order valence-electron chi connectivity index (χ1n) is 24.4. The van der Waals surface area contributed by atoms with E-state index >= 15 is 0 Å². The quantitative estimate of drug-likeness (QED) is 0.0666. The van der Waals surface area contributed by atoms with Gasteiger partial charge >= 0.3 is 17.9 Å². The third-order valence-corrected chi connectivity index (χ3v) is 13.2. The van der Waals surface area contributed by atoms with Crippen LogP contribution in [0.15, 0.2) is 97.6 Å². The van der Waals surface area contributed by atoms with Crippen LogP contribution in [0.4, 0.5) is 0 Å². The predicted octanol–water partition coefficient (Wildman–Crippen LogP) is 8.28. The Bertz CT molecular complexity index is 2040. The number of benzene rings is 2. The van der Waals surface area contributed by atoms with Crippen LogP contribution in [0.1, 0.15) is 92.7 Å². The standard InChI is InChI=1S/C28H38O6.C27H36O8/c1-6-10-23-13-14-24(30)27(33-23)19(3)26-20(4)28(32-17-22-11-8-7-9-12-22)25(34-26)15-18(2)16-31-21(5)29;1-16(14-31-19(4)28)13-23-27(32-15-21-9-7-6-8-10-21)18(3)25(34-23)17(2)26-22(30)11-12-24(35-26)33-20(5)29/h6-9,11-14,18-20,23,25-28H,1,10,15-17H2,2-5H3;6-12,16-18,23-27H,13-15H2,1-5H3/t18-,19+,20+,23-,25?,26+,27-,28-;16-,17+,18+,23?,24?,25+,26-,27-/m11/s1. The van der Waals surface area contributed by atoms with Crippen molar-refractivity contribution in [3.8, 4) is 0 Å². The number of rotatable bonds is 21. The van der Waals surface area contributed by atoms with E-state index < -0.39 is 24.5 Å². The highest BCUT2D eigenvalue weighted by Crippen LogP contribution is 2.41. The second-order valence-electron chi connectivity index (χ2n) is 19.2. The zero-order valence-corrected chi connectivity index (χ0v) is 41.8. The molecular weight excluding hydrogens is 885 g/mol. The third kappa shape index (κ3) is 16.4. The monoisotopic (exact) mass is 959 g/mol. The van der Waals surface area contributed by atoms with Crippen LogP contribution in [0, 0.1) is 35.5 Å². The van der Waals surface area contributed by atoms with Gasteiger partial charge in [-0.2, -0.15) is 0 Å². The average molecular weight is 959 g/mol. The van der Waals surface area contributed by atoms with E-state index in [-0.39, 0.29) is 102 Å². The highest BCUT2D eigenvalue weighted by atomic mass is 16.7. The number of ether oxygens (including phenoxy) is 9. The molecule has 14 nitrogen and oxygen atoms in total. The summed E-state index contributed by atoms with van der Waals surface area (Å²) in [6, 6.07) is 20.0. The fourth-order valence-corrected chi connectivity index (χ4v) is 9.70. The Morgan fingerprint density at radius 3 is 1.48 bits per heavy atom. The second-order valence-corrected chi connectivity index (χ2v) is 19.2. The van der Waals surface area contributed by atoms with Gasteiger partial charge in [0.25, 0.3) is 0 Å². The molecule has 0 N–H and O–H groups in total. The number of hydrogen-bond acceptors (Lipinski definition) is 14. The molecule has 0 bridgehead atoms. The Hall–Kier alpha value is -4.83. The van der Waals surface area contributed by atoms with Gasteiger partial charge in [-0.1, -0.05) is 114 Å². The molecule has 4 aliphatic rings. The Labute approximate surface area is 408 Å². The first kappa shape index (κ1) is 55.1. The molecule has 2 aromatic carbocycles. The van der Waals surface area contributed by atoms with Gasteiger partial charge in [0.2, 0.25) is 6.29 Å². The predicted molar refractivity (Wildman–Crippen MR) is 257 cm³/mol. The highest BCUT2D eigenvalue weighted by Gasteiger charge is 2.50. The van der Waals surface area contributed by atoms with Gasteiger partial charge < -0.3 is 42.6 Å². The van der Waals surface area contributed by atoms with E-state index in [1.54, 1.807) is 18.2 Å². The number of esters is 3. The average Bonchev–Trinajstić information content (AvgIpc) is 3.80. The van der Waals surface area contributed by atoms with Crippen molar-refractivity contribution in [2.75, 3.05) is 13.2 Å². The van der Waals surface area contributed by atoms with E-state index in [4.69, 9.17) is 42.6 Å². The van der Waals surface area contributed by atoms with Crippen molar-refractivity contribution in [1.29, 1.82) is 0 Å². The molecular formula is C55H74O14. The Morgan fingerprint density at radius 1 is 0.623 bits per heavy atom. The summed E-state index contributed by atoms with van der Waals surface area (Å²) in [7, 11) is 0. The Balaban J connectivity index is 0.000000258. The summed E-state index contributed by atoms with van der Waals surface area (Å²) < 4.78 is 53.3. The second kappa shape index (κ2) is 27.0. The molecule has 0 radical (unpaired) electrons. The molecule has 0 aromatic heterocycles. The van der Waals surface area contributed by atoms with Crippen LogP contribution in [0.5, 0.6) is 0 Å². The lowest BCUT2D eigenvalue weighted by molar-refractivity contribution is -0.189. The van der Waals surface area contributed by atoms with Crippen molar-refractivity contribution in [2.45, 2.75) is 156 Å². The molecule has 0 amide bonds. The molecule has 0 aliphatic carbocycles. The molecule has 378 valence electrons. The van der Waals surface area contributed by atoms with Gasteiger partial charge in [-0.05, 0) is 60.5 Å². The fourth-order valence-electron chi connectivity index (χ4n) is 9.70. The van der Waals surface area contributed by atoms with E-state index in [2.05, 4.69) is 20.4 Å². The lowest BCUT2D eigenvalue weighted by atomic mass is 9.84.